The molecular formula is C21H27N3O2. The second-order valence-electron chi connectivity index (χ2n) is 6.14. The van der Waals surface area contributed by atoms with Crippen molar-refractivity contribution in [1.82, 2.24) is 10.6 Å². The second kappa shape index (κ2) is 10.4. The molecule has 0 heterocycles. The van der Waals surface area contributed by atoms with Crippen LogP contribution in [0.2, 0.25) is 0 Å². The van der Waals surface area contributed by atoms with E-state index in [1.807, 2.05) is 25.1 Å². The van der Waals surface area contributed by atoms with Gasteiger partial charge in [0.15, 0.2) is 0 Å². The molecule has 138 valence electrons. The molecule has 0 aliphatic rings. The third-order valence-electron chi connectivity index (χ3n) is 4.06. The molecule has 0 fully saturated rings. The highest BCUT2D eigenvalue weighted by molar-refractivity contribution is 5.97. The van der Waals surface area contributed by atoms with Gasteiger partial charge in [-0.25, -0.2) is 0 Å². The van der Waals surface area contributed by atoms with E-state index in [9.17, 15) is 9.59 Å². The quantitative estimate of drug-likeness (QED) is 0.646. The average molecular weight is 353 g/mol. The van der Waals surface area contributed by atoms with E-state index in [0.717, 1.165) is 18.4 Å². The molecule has 0 aliphatic heterocycles. The summed E-state index contributed by atoms with van der Waals surface area (Å²) in [6.45, 7) is 4.93. The standard InChI is InChI=1S/C21H27N3O2/c1-3-13-22-21(26)17-11-8-12-18(14-17)24-20(25)15-23-19(4-2)16-9-6-5-7-10-16/h5-12,14,19,23H,3-4,13,15H2,1-2H3,(H,22,26)(H,24,25). The first-order chi connectivity index (χ1) is 12.6. The number of rotatable bonds is 9. The Morgan fingerprint density at radius 3 is 2.46 bits per heavy atom. The average Bonchev–Trinajstić information content (AvgIpc) is 2.67. The van der Waals surface area contributed by atoms with E-state index in [0.29, 0.717) is 17.8 Å². The fourth-order valence-electron chi connectivity index (χ4n) is 2.68. The van der Waals surface area contributed by atoms with E-state index in [4.69, 9.17) is 0 Å². The highest BCUT2D eigenvalue weighted by Gasteiger charge is 2.11. The van der Waals surface area contributed by atoms with Crippen LogP contribution >= 0.6 is 0 Å². The fraction of sp³-hybridized carbons (Fsp3) is 0.333. The van der Waals surface area contributed by atoms with Crippen LogP contribution in [0.15, 0.2) is 54.6 Å². The SMILES string of the molecule is CCCNC(=O)c1cccc(NC(=O)CNC(CC)c2ccccc2)c1. The summed E-state index contributed by atoms with van der Waals surface area (Å²) in [5.41, 5.74) is 2.33. The monoisotopic (exact) mass is 353 g/mol. The molecule has 0 aromatic heterocycles. The summed E-state index contributed by atoms with van der Waals surface area (Å²) in [6, 6.07) is 17.2. The Morgan fingerprint density at radius 2 is 1.77 bits per heavy atom. The van der Waals surface area contributed by atoms with Crippen molar-refractivity contribution >= 4 is 17.5 Å². The lowest BCUT2D eigenvalue weighted by atomic mass is 10.0. The van der Waals surface area contributed by atoms with Gasteiger partial charge in [-0.2, -0.15) is 0 Å². The Balaban J connectivity index is 1.90. The molecule has 2 aromatic rings. The van der Waals surface area contributed by atoms with E-state index in [1.54, 1.807) is 24.3 Å². The van der Waals surface area contributed by atoms with Crippen LogP contribution in [0.4, 0.5) is 5.69 Å². The van der Waals surface area contributed by atoms with Crippen molar-refractivity contribution in [2.24, 2.45) is 0 Å². The van der Waals surface area contributed by atoms with Crippen LogP contribution in [0, 0.1) is 0 Å². The van der Waals surface area contributed by atoms with Crippen molar-refractivity contribution in [1.29, 1.82) is 0 Å². The van der Waals surface area contributed by atoms with Gasteiger partial charge in [0.2, 0.25) is 5.91 Å². The molecule has 0 radical (unpaired) electrons. The maximum Gasteiger partial charge on any atom is 0.251 e. The zero-order valence-electron chi connectivity index (χ0n) is 15.4. The van der Waals surface area contributed by atoms with Crippen molar-refractivity contribution in [3.05, 3.63) is 65.7 Å². The molecule has 2 rings (SSSR count). The first-order valence-corrected chi connectivity index (χ1v) is 9.10. The maximum atomic E-state index is 12.2. The maximum absolute atomic E-state index is 12.2. The van der Waals surface area contributed by atoms with Gasteiger partial charge in [0, 0.05) is 23.8 Å². The van der Waals surface area contributed by atoms with Crippen LogP contribution in [-0.2, 0) is 4.79 Å². The van der Waals surface area contributed by atoms with Gasteiger partial charge in [0.05, 0.1) is 6.54 Å². The first kappa shape index (κ1) is 19.7. The number of carbonyl (C=O) groups excluding carboxylic acids is 2. The zero-order chi connectivity index (χ0) is 18.8. The molecule has 0 saturated heterocycles. The number of hydrogen-bond donors (Lipinski definition) is 3. The minimum absolute atomic E-state index is 0.129. The molecule has 1 atom stereocenters. The molecule has 2 aromatic carbocycles. The van der Waals surface area contributed by atoms with Crippen LogP contribution in [0.3, 0.4) is 0 Å². The van der Waals surface area contributed by atoms with E-state index in [2.05, 4.69) is 35.0 Å². The van der Waals surface area contributed by atoms with Crippen LogP contribution in [0.5, 0.6) is 0 Å². The first-order valence-electron chi connectivity index (χ1n) is 9.10. The van der Waals surface area contributed by atoms with Gasteiger partial charge in [-0.15, -0.1) is 0 Å². The number of anilines is 1. The molecular weight excluding hydrogens is 326 g/mol. The van der Waals surface area contributed by atoms with Gasteiger partial charge in [-0.3, -0.25) is 9.59 Å². The van der Waals surface area contributed by atoms with Crippen LogP contribution < -0.4 is 16.0 Å². The number of amides is 2. The summed E-state index contributed by atoms with van der Waals surface area (Å²) in [5.74, 6) is -0.262. The van der Waals surface area contributed by atoms with Gasteiger partial charge in [0.1, 0.15) is 0 Å². The second-order valence-corrected chi connectivity index (χ2v) is 6.14. The zero-order valence-corrected chi connectivity index (χ0v) is 15.4. The smallest absolute Gasteiger partial charge is 0.251 e. The van der Waals surface area contributed by atoms with Crippen LogP contribution in [0.1, 0.15) is 48.7 Å². The molecule has 0 spiro atoms. The number of benzene rings is 2. The van der Waals surface area contributed by atoms with Crippen molar-refractivity contribution in [2.45, 2.75) is 32.7 Å². The van der Waals surface area contributed by atoms with Crippen molar-refractivity contribution in [3.8, 4) is 0 Å². The van der Waals surface area contributed by atoms with Crippen LogP contribution in [0.25, 0.3) is 0 Å². The third kappa shape index (κ3) is 6.01. The van der Waals surface area contributed by atoms with Gasteiger partial charge in [-0.05, 0) is 36.6 Å². The summed E-state index contributed by atoms with van der Waals surface area (Å²) in [4.78, 5) is 24.3. The molecule has 0 saturated carbocycles. The minimum atomic E-state index is -0.134. The minimum Gasteiger partial charge on any atom is -0.352 e. The lowest BCUT2D eigenvalue weighted by molar-refractivity contribution is -0.115. The molecule has 0 bridgehead atoms. The van der Waals surface area contributed by atoms with Crippen molar-refractivity contribution in [2.75, 3.05) is 18.4 Å². The lowest BCUT2D eigenvalue weighted by Gasteiger charge is -2.17. The number of carbonyl (C=O) groups is 2. The molecule has 0 aliphatic carbocycles. The molecule has 1 unspecified atom stereocenters. The predicted octanol–water partition coefficient (Wildman–Crippen LogP) is 3.51. The Kier molecular flexibility index (Phi) is 7.83. The van der Waals surface area contributed by atoms with E-state index in [-0.39, 0.29) is 24.4 Å². The van der Waals surface area contributed by atoms with Gasteiger partial charge >= 0.3 is 0 Å². The fourth-order valence-corrected chi connectivity index (χ4v) is 2.68. The Hall–Kier alpha value is -2.66. The highest BCUT2D eigenvalue weighted by atomic mass is 16.2. The predicted molar refractivity (Wildman–Crippen MR) is 105 cm³/mol. The molecule has 26 heavy (non-hydrogen) atoms. The lowest BCUT2D eigenvalue weighted by Crippen LogP contribution is -2.31. The topological polar surface area (TPSA) is 70.2 Å². The highest BCUT2D eigenvalue weighted by Crippen LogP contribution is 2.15. The molecule has 5 heteroatoms. The largest absolute Gasteiger partial charge is 0.352 e. The summed E-state index contributed by atoms with van der Waals surface area (Å²) in [7, 11) is 0. The van der Waals surface area contributed by atoms with Gasteiger partial charge < -0.3 is 16.0 Å². The van der Waals surface area contributed by atoms with Crippen molar-refractivity contribution < 1.29 is 9.59 Å². The third-order valence-corrected chi connectivity index (χ3v) is 4.06. The van der Waals surface area contributed by atoms with E-state index in [1.165, 1.54) is 0 Å². The normalized spacial score (nSPS) is 11.6. The number of nitrogens with one attached hydrogen (secondary N) is 3. The summed E-state index contributed by atoms with van der Waals surface area (Å²) >= 11 is 0. The summed E-state index contributed by atoms with van der Waals surface area (Å²) in [6.07, 6.45) is 1.78. The van der Waals surface area contributed by atoms with E-state index < -0.39 is 0 Å². The van der Waals surface area contributed by atoms with Gasteiger partial charge in [0.25, 0.3) is 5.91 Å². The Morgan fingerprint density at radius 1 is 1.00 bits per heavy atom. The summed E-state index contributed by atoms with van der Waals surface area (Å²) in [5, 5.41) is 8.95. The molecule has 3 N–H and O–H groups in total. The van der Waals surface area contributed by atoms with Crippen LogP contribution in [-0.4, -0.2) is 24.9 Å². The molecule has 5 nitrogen and oxygen atoms in total. The Labute approximate surface area is 155 Å². The number of hydrogen-bond acceptors (Lipinski definition) is 3. The summed E-state index contributed by atoms with van der Waals surface area (Å²) < 4.78 is 0. The van der Waals surface area contributed by atoms with E-state index >= 15 is 0 Å². The Bertz CT molecular complexity index is 716. The van der Waals surface area contributed by atoms with Gasteiger partial charge in [-0.1, -0.05) is 50.2 Å². The molecule has 2 amide bonds. The van der Waals surface area contributed by atoms with Crippen molar-refractivity contribution in [3.63, 3.8) is 0 Å².